The van der Waals surface area contributed by atoms with E-state index < -0.39 is 0 Å². The van der Waals surface area contributed by atoms with Gasteiger partial charge in [-0.05, 0) is 59.9 Å². The van der Waals surface area contributed by atoms with Crippen LogP contribution in [0.25, 0.3) is 0 Å². The summed E-state index contributed by atoms with van der Waals surface area (Å²) in [5.41, 5.74) is 0. The number of halogens is 2. The average molecular weight is 288 g/mol. The average Bonchev–Trinajstić information content (AvgIpc) is 2.32. The SMILES string of the molecule is Fc1ccc(Br)c(OCC2CCNCC2)c1. The second-order valence-electron chi connectivity index (χ2n) is 4.08. The minimum atomic E-state index is -0.261. The Hall–Kier alpha value is -0.610. The van der Waals surface area contributed by atoms with Gasteiger partial charge < -0.3 is 10.1 Å². The second kappa shape index (κ2) is 5.64. The highest BCUT2D eigenvalue weighted by Gasteiger charge is 2.14. The number of hydrogen-bond acceptors (Lipinski definition) is 2. The van der Waals surface area contributed by atoms with E-state index in [9.17, 15) is 4.39 Å². The molecule has 88 valence electrons. The van der Waals surface area contributed by atoms with E-state index in [4.69, 9.17) is 4.74 Å². The monoisotopic (exact) mass is 287 g/mol. The van der Waals surface area contributed by atoms with Crippen molar-refractivity contribution in [1.29, 1.82) is 0 Å². The summed E-state index contributed by atoms with van der Waals surface area (Å²) < 4.78 is 19.5. The van der Waals surface area contributed by atoms with Gasteiger partial charge in [0.1, 0.15) is 11.6 Å². The molecular formula is C12H15BrFNO. The van der Waals surface area contributed by atoms with Gasteiger partial charge in [0.25, 0.3) is 0 Å². The third-order valence-electron chi connectivity index (χ3n) is 2.83. The van der Waals surface area contributed by atoms with Crippen LogP contribution in [0.1, 0.15) is 12.8 Å². The fraction of sp³-hybridized carbons (Fsp3) is 0.500. The van der Waals surface area contributed by atoms with Gasteiger partial charge in [0.05, 0.1) is 11.1 Å². The Balaban J connectivity index is 1.90. The molecule has 0 atom stereocenters. The van der Waals surface area contributed by atoms with E-state index in [-0.39, 0.29) is 5.82 Å². The lowest BCUT2D eigenvalue weighted by atomic mass is 9.99. The molecule has 0 spiro atoms. The molecule has 2 nitrogen and oxygen atoms in total. The van der Waals surface area contributed by atoms with Crippen LogP contribution in [0.2, 0.25) is 0 Å². The zero-order chi connectivity index (χ0) is 11.4. The van der Waals surface area contributed by atoms with Gasteiger partial charge in [-0.15, -0.1) is 0 Å². The van der Waals surface area contributed by atoms with Crippen LogP contribution in [0.4, 0.5) is 4.39 Å². The lowest BCUT2D eigenvalue weighted by Gasteiger charge is -2.22. The van der Waals surface area contributed by atoms with Crippen LogP contribution in [-0.2, 0) is 0 Å². The van der Waals surface area contributed by atoms with Crippen molar-refractivity contribution >= 4 is 15.9 Å². The highest BCUT2D eigenvalue weighted by molar-refractivity contribution is 9.10. The van der Waals surface area contributed by atoms with Crippen molar-refractivity contribution < 1.29 is 9.13 Å². The maximum Gasteiger partial charge on any atom is 0.136 e. The van der Waals surface area contributed by atoms with Crippen molar-refractivity contribution in [2.24, 2.45) is 5.92 Å². The summed E-state index contributed by atoms with van der Waals surface area (Å²) >= 11 is 3.35. The molecular weight excluding hydrogens is 273 g/mol. The predicted octanol–water partition coefficient (Wildman–Crippen LogP) is 2.97. The molecule has 1 heterocycles. The molecule has 0 unspecified atom stereocenters. The Bertz CT molecular complexity index is 353. The number of ether oxygens (including phenoxy) is 1. The van der Waals surface area contributed by atoms with Crippen molar-refractivity contribution in [2.45, 2.75) is 12.8 Å². The maximum atomic E-state index is 13.0. The topological polar surface area (TPSA) is 21.3 Å². The molecule has 16 heavy (non-hydrogen) atoms. The van der Waals surface area contributed by atoms with Gasteiger partial charge in [-0.2, -0.15) is 0 Å². The maximum absolute atomic E-state index is 13.0. The normalized spacial score (nSPS) is 17.4. The van der Waals surface area contributed by atoms with Gasteiger partial charge >= 0.3 is 0 Å². The molecule has 1 aromatic rings. The Labute approximate surface area is 103 Å². The highest BCUT2D eigenvalue weighted by Crippen LogP contribution is 2.26. The number of piperidine rings is 1. The fourth-order valence-electron chi connectivity index (χ4n) is 1.84. The molecule has 1 fully saturated rings. The third-order valence-corrected chi connectivity index (χ3v) is 3.48. The van der Waals surface area contributed by atoms with E-state index in [1.54, 1.807) is 6.07 Å². The Morgan fingerprint density at radius 2 is 2.12 bits per heavy atom. The summed E-state index contributed by atoms with van der Waals surface area (Å²) in [5, 5.41) is 3.31. The molecule has 0 radical (unpaired) electrons. The van der Waals surface area contributed by atoms with E-state index >= 15 is 0 Å². The lowest BCUT2D eigenvalue weighted by molar-refractivity contribution is 0.213. The van der Waals surface area contributed by atoms with E-state index in [1.807, 2.05) is 0 Å². The number of nitrogens with one attached hydrogen (secondary N) is 1. The van der Waals surface area contributed by atoms with Gasteiger partial charge in [0.2, 0.25) is 0 Å². The molecule has 1 aromatic carbocycles. The van der Waals surface area contributed by atoms with Gasteiger partial charge in [-0.3, -0.25) is 0 Å². The minimum Gasteiger partial charge on any atom is -0.492 e. The molecule has 2 rings (SSSR count). The Morgan fingerprint density at radius 3 is 2.88 bits per heavy atom. The van der Waals surface area contributed by atoms with E-state index in [1.165, 1.54) is 12.1 Å². The van der Waals surface area contributed by atoms with Crippen molar-refractivity contribution in [2.75, 3.05) is 19.7 Å². The quantitative estimate of drug-likeness (QED) is 0.923. The van der Waals surface area contributed by atoms with Crippen molar-refractivity contribution in [1.82, 2.24) is 5.32 Å². The van der Waals surface area contributed by atoms with Crippen LogP contribution < -0.4 is 10.1 Å². The van der Waals surface area contributed by atoms with Gasteiger partial charge in [-0.1, -0.05) is 0 Å². The standard InChI is InChI=1S/C12H15BrFNO/c13-11-2-1-10(14)7-12(11)16-8-9-3-5-15-6-4-9/h1-2,7,9,15H,3-6,8H2. The Morgan fingerprint density at radius 1 is 1.38 bits per heavy atom. The van der Waals surface area contributed by atoms with Crippen LogP contribution >= 0.6 is 15.9 Å². The summed E-state index contributed by atoms with van der Waals surface area (Å²) in [5.74, 6) is 0.915. The van der Waals surface area contributed by atoms with Crippen molar-refractivity contribution in [3.05, 3.63) is 28.5 Å². The smallest absolute Gasteiger partial charge is 0.136 e. The summed E-state index contributed by atoms with van der Waals surface area (Å²) in [6, 6.07) is 4.51. The highest BCUT2D eigenvalue weighted by atomic mass is 79.9. The zero-order valence-corrected chi connectivity index (χ0v) is 10.6. The molecule has 1 aliphatic rings. The van der Waals surface area contributed by atoms with Crippen molar-refractivity contribution in [3.8, 4) is 5.75 Å². The first kappa shape index (κ1) is 11.9. The molecule has 1 saturated heterocycles. The molecule has 0 amide bonds. The molecule has 0 saturated carbocycles. The largest absolute Gasteiger partial charge is 0.492 e. The van der Waals surface area contributed by atoms with Crippen LogP contribution in [0.5, 0.6) is 5.75 Å². The van der Waals surface area contributed by atoms with E-state index in [0.29, 0.717) is 18.3 Å². The van der Waals surface area contributed by atoms with Gasteiger partial charge in [0, 0.05) is 6.07 Å². The summed E-state index contributed by atoms with van der Waals surface area (Å²) in [4.78, 5) is 0. The lowest BCUT2D eigenvalue weighted by Crippen LogP contribution is -2.30. The first-order valence-corrected chi connectivity index (χ1v) is 6.33. The summed E-state index contributed by atoms with van der Waals surface area (Å²) in [6.45, 7) is 2.78. The fourth-order valence-corrected chi connectivity index (χ4v) is 2.20. The number of benzene rings is 1. The molecule has 1 aliphatic heterocycles. The number of rotatable bonds is 3. The third kappa shape index (κ3) is 3.19. The summed E-state index contributed by atoms with van der Waals surface area (Å²) in [7, 11) is 0. The zero-order valence-electron chi connectivity index (χ0n) is 9.01. The van der Waals surface area contributed by atoms with Crippen LogP contribution in [0, 0.1) is 11.7 Å². The van der Waals surface area contributed by atoms with Gasteiger partial charge in [-0.25, -0.2) is 4.39 Å². The Kier molecular flexibility index (Phi) is 4.18. The molecule has 0 bridgehead atoms. The van der Waals surface area contributed by atoms with E-state index in [2.05, 4.69) is 21.2 Å². The predicted molar refractivity (Wildman–Crippen MR) is 65.2 cm³/mol. The first-order valence-electron chi connectivity index (χ1n) is 5.54. The molecule has 4 heteroatoms. The minimum absolute atomic E-state index is 0.261. The van der Waals surface area contributed by atoms with Crippen molar-refractivity contribution in [3.63, 3.8) is 0 Å². The van der Waals surface area contributed by atoms with Crippen LogP contribution in [-0.4, -0.2) is 19.7 Å². The molecule has 0 aliphatic carbocycles. The van der Waals surface area contributed by atoms with Crippen LogP contribution in [0.15, 0.2) is 22.7 Å². The van der Waals surface area contributed by atoms with Crippen LogP contribution in [0.3, 0.4) is 0 Å². The second-order valence-corrected chi connectivity index (χ2v) is 4.93. The first-order chi connectivity index (χ1) is 7.75. The molecule has 0 aromatic heterocycles. The summed E-state index contributed by atoms with van der Waals surface area (Å²) in [6.07, 6.45) is 2.26. The number of hydrogen-bond donors (Lipinski definition) is 1. The van der Waals surface area contributed by atoms with E-state index in [0.717, 1.165) is 30.4 Å². The van der Waals surface area contributed by atoms with Gasteiger partial charge in [0.15, 0.2) is 0 Å². The molecule has 1 N–H and O–H groups in total.